The summed E-state index contributed by atoms with van der Waals surface area (Å²) in [7, 11) is 2.02. The summed E-state index contributed by atoms with van der Waals surface area (Å²) in [4.78, 5) is 6.92. The molecule has 0 aliphatic carbocycles. The molecule has 1 fully saturated rings. The topological polar surface area (TPSA) is 56.8 Å². The molecule has 0 saturated carbocycles. The number of aromatic nitrogens is 3. The Labute approximate surface area is 136 Å². The minimum Gasteiger partial charge on any atom is -0.340 e. The highest BCUT2D eigenvalue weighted by Gasteiger charge is 2.21. The molecule has 0 bridgehead atoms. The molecule has 0 unspecified atom stereocenters. The fourth-order valence-electron chi connectivity index (χ4n) is 2.58. The number of piperidine rings is 1. The van der Waals surface area contributed by atoms with E-state index in [1.807, 2.05) is 7.05 Å². The lowest BCUT2D eigenvalue weighted by Gasteiger charge is -2.30. The predicted octanol–water partition coefficient (Wildman–Crippen LogP) is 2.57. The first-order valence-corrected chi connectivity index (χ1v) is 8.78. The van der Waals surface area contributed by atoms with Crippen LogP contribution in [0.3, 0.4) is 0 Å². The van der Waals surface area contributed by atoms with Gasteiger partial charge in [-0.25, -0.2) is 0 Å². The van der Waals surface area contributed by atoms with Gasteiger partial charge < -0.3 is 10.2 Å². The molecule has 7 heteroatoms. The Morgan fingerprint density at radius 2 is 2.30 bits per heavy atom. The average molecular weight is 403 g/mol. The predicted molar refractivity (Wildman–Crippen MR) is 91.3 cm³/mol. The lowest BCUT2D eigenvalue weighted by Crippen LogP contribution is -2.37. The van der Waals surface area contributed by atoms with Gasteiger partial charge in [0.25, 0.3) is 0 Å². The molecular formula is C13H18IN5S. The Hall–Kier alpha value is -0.670. The molecule has 2 N–H and O–H groups in total. The van der Waals surface area contributed by atoms with E-state index in [4.69, 9.17) is 0 Å². The Balaban J connectivity index is 1.66. The van der Waals surface area contributed by atoms with Gasteiger partial charge in [0.15, 0.2) is 5.82 Å². The van der Waals surface area contributed by atoms with E-state index in [0.717, 1.165) is 42.9 Å². The summed E-state index contributed by atoms with van der Waals surface area (Å²) in [5.74, 6) is 2.49. The molecule has 3 rings (SSSR count). The second-order valence-corrected chi connectivity index (χ2v) is 7.92. The van der Waals surface area contributed by atoms with E-state index in [-0.39, 0.29) is 0 Å². The number of nitrogens with one attached hydrogen (secondary N) is 2. The Morgan fingerprint density at radius 3 is 2.95 bits per heavy atom. The minimum absolute atomic E-state index is 0.785. The molecule has 0 spiro atoms. The zero-order valence-corrected chi connectivity index (χ0v) is 14.4. The second-order valence-electron chi connectivity index (χ2n) is 5.11. The van der Waals surface area contributed by atoms with E-state index in [0.29, 0.717) is 0 Å². The van der Waals surface area contributed by atoms with Gasteiger partial charge in [0.1, 0.15) is 0 Å². The number of anilines is 1. The van der Waals surface area contributed by atoms with Crippen LogP contribution in [-0.4, -0.2) is 41.9 Å². The number of aromatic amines is 1. The van der Waals surface area contributed by atoms with Gasteiger partial charge in [0.2, 0.25) is 5.95 Å². The first-order chi connectivity index (χ1) is 9.76. The van der Waals surface area contributed by atoms with Gasteiger partial charge in [0.05, 0.1) is 2.88 Å². The van der Waals surface area contributed by atoms with Crippen molar-refractivity contribution in [3.05, 3.63) is 14.3 Å². The van der Waals surface area contributed by atoms with E-state index >= 15 is 0 Å². The highest BCUT2D eigenvalue weighted by molar-refractivity contribution is 14.1. The number of hydrogen-bond acceptors (Lipinski definition) is 5. The monoisotopic (exact) mass is 403 g/mol. The van der Waals surface area contributed by atoms with E-state index in [1.165, 1.54) is 15.7 Å². The summed E-state index contributed by atoms with van der Waals surface area (Å²) < 4.78 is 1.27. The second kappa shape index (κ2) is 6.40. The number of rotatable bonds is 4. The van der Waals surface area contributed by atoms with Crippen LogP contribution in [0.25, 0.3) is 11.4 Å². The van der Waals surface area contributed by atoms with Crippen molar-refractivity contribution >= 4 is 39.9 Å². The zero-order valence-electron chi connectivity index (χ0n) is 11.4. The summed E-state index contributed by atoms with van der Waals surface area (Å²) in [6, 6.07) is 2.13. The standard InChI is InChI=1S/C13H18IN5S/c1-15-7-9-2-4-19(5-3-9)13-16-12(17-18-13)10-6-11(14)20-8-10/h6,8-9,15H,2-5,7H2,1H3,(H,16,17,18). The molecule has 0 radical (unpaired) electrons. The smallest absolute Gasteiger partial charge is 0.245 e. The third-order valence-corrected chi connectivity index (χ3v) is 5.49. The van der Waals surface area contributed by atoms with E-state index in [9.17, 15) is 0 Å². The Bertz CT molecular complexity index is 559. The van der Waals surface area contributed by atoms with Gasteiger partial charge in [0, 0.05) is 24.0 Å². The molecule has 1 saturated heterocycles. The van der Waals surface area contributed by atoms with Crippen LogP contribution < -0.4 is 10.2 Å². The molecule has 1 aliphatic heterocycles. The molecule has 20 heavy (non-hydrogen) atoms. The quantitative estimate of drug-likeness (QED) is 0.771. The maximum absolute atomic E-state index is 4.64. The molecule has 3 heterocycles. The summed E-state index contributed by atoms with van der Waals surface area (Å²) in [6.07, 6.45) is 2.42. The van der Waals surface area contributed by atoms with E-state index < -0.39 is 0 Å². The molecule has 0 atom stereocenters. The van der Waals surface area contributed by atoms with Crippen LogP contribution in [0.1, 0.15) is 12.8 Å². The third kappa shape index (κ3) is 3.15. The SMILES string of the molecule is CNCC1CCN(c2n[nH]c(-c3csc(I)c3)n2)CC1. The van der Waals surface area contributed by atoms with Crippen molar-refractivity contribution in [2.24, 2.45) is 5.92 Å². The third-order valence-electron chi connectivity index (χ3n) is 3.70. The Morgan fingerprint density at radius 1 is 1.50 bits per heavy atom. The number of nitrogens with zero attached hydrogens (tertiary/aromatic N) is 3. The lowest BCUT2D eigenvalue weighted by molar-refractivity contribution is 0.391. The van der Waals surface area contributed by atoms with Crippen molar-refractivity contribution in [3.63, 3.8) is 0 Å². The molecule has 2 aromatic rings. The molecule has 0 aromatic carbocycles. The summed E-state index contributed by atoms with van der Waals surface area (Å²) in [6.45, 7) is 3.20. The number of hydrogen-bond donors (Lipinski definition) is 2. The number of halogens is 1. The highest BCUT2D eigenvalue weighted by Crippen LogP contribution is 2.26. The average Bonchev–Trinajstić information content (AvgIpc) is 3.09. The maximum Gasteiger partial charge on any atom is 0.245 e. The van der Waals surface area contributed by atoms with Crippen molar-refractivity contribution in [2.75, 3.05) is 31.6 Å². The van der Waals surface area contributed by atoms with Crippen LogP contribution in [0.15, 0.2) is 11.4 Å². The fraction of sp³-hybridized carbons (Fsp3) is 0.538. The van der Waals surface area contributed by atoms with Gasteiger partial charge in [-0.05, 0) is 61.0 Å². The normalized spacial score (nSPS) is 16.8. The number of thiophene rings is 1. The van der Waals surface area contributed by atoms with Gasteiger partial charge in [-0.15, -0.1) is 16.4 Å². The Kier molecular flexibility index (Phi) is 4.57. The first-order valence-electron chi connectivity index (χ1n) is 6.82. The van der Waals surface area contributed by atoms with E-state index in [2.05, 4.69) is 59.4 Å². The van der Waals surface area contributed by atoms with Crippen LogP contribution in [0, 0.1) is 8.80 Å². The lowest BCUT2D eigenvalue weighted by atomic mass is 9.97. The van der Waals surface area contributed by atoms with Crippen molar-refractivity contribution in [3.8, 4) is 11.4 Å². The minimum atomic E-state index is 0.785. The van der Waals surface area contributed by atoms with Gasteiger partial charge in [-0.3, -0.25) is 5.10 Å². The van der Waals surface area contributed by atoms with Gasteiger partial charge >= 0.3 is 0 Å². The molecule has 2 aromatic heterocycles. The zero-order chi connectivity index (χ0) is 13.9. The van der Waals surface area contributed by atoms with Crippen LogP contribution in [-0.2, 0) is 0 Å². The fourth-order valence-corrected chi connectivity index (χ4v) is 3.91. The van der Waals surface area contributed by atoms with Gasteiger partial charge in [-0.2, -0.15) is 4.98 Å². The van der Waals surface area contributed by atoms with Crippen LogP contribution in [0.4, 0.5) is 5.95 Å². The molecule has 5 nitrogen and oxygen atoms in total. The van der Waals surface area contributed by atoms with Crippen LogP contribution in [0.2, 0.25) is 0 Å². The summed E-state index contributed by atoms with van der Waals surface area (Å²) in [5.41, 5.74) is 1.13. The molecule has 1 aliphatic rings. The largest absolute Gasteiger partial charge is 0.340 e. The van der Waals surface area contributed by atoms with Crippen molar-refractivity contribution in [1.82, 2.24) is 20.5 Å². The van der Waals surface area contributed by atoms with E-state index in [1.54, 1.807) is 11.3 Å². The van der Waals surface area contributed by atoms with Crippen molar-refractivity contribution in [2.45, 2.75) is 12.8 Å². The first kappa shape index (κ1) is 14.3. The van der Waals surface area contributed by atoms with Crippen LogP contribution in [0.5, 0.6) is 0 Å². The highest BCUT2D eigenvalue weighted by atomic mass is 127. The van der Waals surface area contributed by atoms with Gasteiger partial charge in [-0.1, -0.05) is 0 Å². The summed E-state index contributed by atoms with van der Waals surface area (Å²) >= 11 is 4.06. The molecular weight excluding hydrogens is 385 g/mol. The maximum atomic E-state index is 4.64. The van der Waals surface area contributed by atoms with Crippen molar-refractivity contribution in [1.29, 1.82) is 0 Å². The van der Waals surface area contributed by atoms with Crippen LogP contribution >= 0.6 is 33.9 Å². The molecule has 0 amide bonds. The molecule has 108 valence electrons. The van der Waals surface area contributed by atoms with Crippen molar-refractivity contribution < 1.29 is 0 Å². The number of H-pyrrole nitrogens is 1. The summed E-state index contributed by atoms with van der Waals surface area (Å²) in [5, 5.41) is 12.8.